The van der Waals surface area contributed by atoms with E-state index in [1.807, 2.05) is 26.0 Å². The zero-order valence-corrected chi connectivity index (χ0v) is 18.4. The first kappa shape index (κ1) is 25.9. The fourth-order valence-corrected chi connectivity index (χ4v) is 2.76. The maximum atomic E-state index is 12.3. The van der Waals surface area contributed by atoms with Gasteiger partial charge in [0.2, 0.25) is 0 Å². The Morgan fingerprint density at radius 3 is 2.43 bits per heavy atom. The Hall–Kier alpha value is -2.13. The number of ether oxygens (including phenoxy) is 2. The molecule has 0 atom stereocenters. The molecular formula is C21H32ClN3O5. The van der Waals surface area contributed by atoms with E-state index < -0.39 is 17.6 Å². The largest absolute Gasteiger partial charge is 0.503 e. The van der Waals surface area contributed by atoms with Gasteiger partial charge < -0.3 is 30.5 Å². The van der Waals surface area contributed by atoms with Crippen molar-refractivity contribution in [1.82, 2.24) is 10.2 Å². The molecular weight excluding hydrogens is 410 g/mol. The van der Waals surface area contributed by atoms with Gasteiger partial charge in [-0.1, -0.05) is 37.6 Å². The summed E-state index contributed by atoms with van der Waals surface area (Å²) >= 11 is 5.84. The zero-order valence-electron chi connectivity index (χ0n) is 17.7. The molecule has 30 heavy (non-hydrogen) atoms. The van der Waals surface area contributed by atoms with E-state index in [9.17, 15) is 14.7 Å². The molecule has 0 bridgehead atoms. The van der Waals surface area contributed by atoms with Crippen molar-refractivity contribution in [1.29, 1.82) is 0 Å². The van der Waals surface area contributed by atoms with Crippen LogP contribution in [-0.2, 0) is 25.5 Å². The number of carbonyl (C=O) groups is 2. The molecule has 0 spiro atoms. The predicted octanol–water partition coefficient (Wildman–Crippen LogP) is 1.67. The van der Waals surface area contributed by atoms with Gasteiger partial charge in [0.05, 0.1) is 38.5 Å². The van der Waals surface area contributed by atoms with Crippen molar-refractivity contribution in [3.05, 3.63) is 46.2 Å². The quantitative estimate of drug-likeness (QED) is 0.425. The summed E-state index contributed by atoms with van der Waals surface area (Å²) in [5.74, 6) is -1.51. The van der Waals surface area contributed by atoms with Crippen molar-refractivity contribution >= 4 is 23.4 Å². The number of halogens is 1. The number of nitrogens with two attached hydrogens (primary N) is 1. The number of amides is 2. The summed E-state index contributed by atoms with van der Waals surface area (Å²) in [5.41, 5.74) is 6.41. The van der Waals surface area contributed by atoms with Crippen LogP contribution in [0, 0.1) is 0 Å². The van der Waals surface area contributed by atoms with Gasteiger partial charge in [-0.2, -0.15) is 0 Å². The lowest BCUT2D eigenvalue weighted by Gasteiger charge is -2.16. The van der Waals surface area contributed by atoms with Crippen molar-refractivity contribution in [2.24, 2.45) is 5.73 Å². The fourth-order valence-electron chi connectivity index (χ4n) is 2.63. The Kier molecular flexibility index (Phi) is 12.8. The van der Waals surface area contributed by atoms with Gasteiger partial charge in [-0.3, -0.25) is 9.59 Å². The first-order valence-electron chi connectivity index (χ1n) is 10.1. The second-order valence-corrected chi connectivity index (χ2v) is 6.64. The third-order valence-corrected chi connectivity index (χ3v) is 4.40. The minimum absolute atomic E-state index is 0.0600. The van der Waals surface area contributed by atoms with Crippen molar-refractivity contribution in [3.63, 3.8) is 0 Å². The fraction of sp³-hybridized carbons (Fsp3) is 0.524. The monoisotopic (exact) mass is 441 g/mol. The number of aliphatic hydroxyl groups excluding tert-OH is 1. The number of benzene rings is 1. The van der Waals surface area contributed by atoms with Crippen LogP contribution in [0.4, 0.5) is 0 Å². The van der Waals surface area contributed by atoms with E-state index >= 15 is 0 Å². The highest BCUT2D eigenvalue weighted by Gasteiger charge is 2.33. The van der Waals surface area contributed by atoms with E-state index in [2.05, 4.69) is 5.32 Å². The number of nitrogens with zero attached hydrogens (tertiary/aromatic N) is 1. The highest BCUT2D eigenvalue weighted by atomic mass is 35.5. The molecule has 1 aromatic rings. The molecule has 0 fully saturated rings. The number of rotatable bonds is 12. The van der Waals surface area contributed by atoms with Crippen LogP contribution in [0.5, 0.6) is 0 Å². The topological polar surface area (TPSA) is 114 Å². The van der Waals surface area contributed by atoms with Crippen molar-refractivity contribution in [3.8, 4) is 0 Å². The molecule has 2 amide bonds. The van der Waals surface area contributed by atoms with Gasteiger partial charge in [0.25, 0.3) is 11.8 Å². The van der Waals surface area contributed by atoms with E-state index in [4.69, 9.17) is 26.8 Å². The number of carbonyl (C=O) groups excluding carboxylic acids is 2. The molecule has 8 nitrogen and oxygen atoms in total. The van der Waals surface area contributed by atoms with Crippen LogP contribution in [-0.4, -0.2) is 74.4 Å². The summed E-state index contributed by atoms with van der Waals surface area (Å²) in [6.07, 6.45) is 0.620. The van der Waals surface area contributed by atoms with Gasteiger partial charge in [0.15, 0.2) is 5.76 Å². The summed E-state index contributed by atoms with van der Waals surface area (Å²) < 4.78 is 10.6. The smallest absolute Gasteiger partial charge is 0.289 e. The molecule has 1 heterocycles. The number of hydrogen-bond acceptors (Lipinski definition) is 6. The highest BCUT2D eigenvalue weighted by Crippen LogP contribution is 2.17. The Labute approximate surface area is 183 Å². The Morgan fingerprint density at radius 2 is 1.80 bits per heavy atom. The predicted molar refractivity (Wildman–Crippen MR) is 116 cm³/mol. The Balaban J connectivity index is 0.00000218. The number of aliphatic hydroxyl groups is 1. The van der Waals surface area contributed by atoms with E-state index in [1.54, 1.807) is 12.1 Å². The third kappa shape index (κ3) is 8.71. The van der Waals surface area contributed by atoms with E-state index in [0.29, 0.717) is 44.4 Å². The second kappa shape index (κ2) is 14.8. The van der Waals surface area contributed by atoms with Crippen LogP contribution in [0.2, 0.25) is 5.02 Å². The summed E-state index contributed by atoms with van der Waals surface area (Å²) in [5, 5.41) is 13.4. The molecule has 0 saturated carbocycles. The van der Waals surface area contributed by atoms with Gasteiger partial charge in [-0.05, 0) is 24.1 Å². The van der Waals surface area contributed by atoms with Crippen molar-refractivity contribution in [2.45, 2.75) is 20.3 Å². The van der Waals surface area contributed by atoms with Gasteiger partial charge >= 0.3 is 0 Å². The summed E-state index contributed by atoms with van der Waals surface area (Å²) in [7, 11) is 0. The lowest BCUT2D eigenvalue weighted by Crippen LogP contribution is -2.33. The zero-order chi connectivity index (χ0) is 22.4. The molecule has 0 aliphatic carbocycles. The van der Waals surface area contributed by atoms with Gasteiger partial charge in [0.1, 0.15) is 0 Å². The molecule has 0 radical (unpaired) electrons. The molecule has 168 valence electrons. The highest BCUT2D eigenvalue weighted by molar-refractivity contribution is 6.30. The summed E-state index contributed by atoms with van der Waals surface area (Å²) in [4.78, 5) is 25.7. The average molecular weight is 442 g/mol. The average Bonchev–Trinajstić information content (AvgIpc) is 3.04. The van der Waals surface area contributed by atoms with Crippen molar-refractivity contribution in [2.75, 3.05) is 52.6 Å². The van der Waals surface area contributed by atoms with Crippen molar-refractivity contribution < 1.29 is 24.2 Å². The standard InChI is InChI=1S/C19H26ClN3O5.C2H6/c20-15-3-1-14(2-4-15)5-7-22-18(25)16-13-23(19(26)17(16)24)8-10-28-12-11-27-9-6-21;1-2/h1-4,24H,5-13,21H2,(H,22,25);1-2H3. The van der Waals surface area contributed by atoms with Crippen LogP contribution >= 0.6 is 11.6 Å². The summed E-state index contributed by atoms with van der Waals surface area (Å²) in [6, 6.07) is 7.33. The molecule has 0 saturated heterocycles. The van der Waals surface area contributed by atoms with E-state index in [1.165, 1.54) is 4.90 Å². The molecule has 1 aliphatic rings. The van der Waals surface area contributed by atoms with Gasteiger partial charge in [0, 0.05) is 24.7 Å². The first-order valence-corrected chi connectivity index (χ1v) is 10.5. The second-order valence-electron chi connectivity index (χ2n) is 6.20. The molecule has 9 heteroatoms. The van der Waals surface area contributed by atoms with Gasteiger partial charge in [-0.25, -0.2) is 0 Å². The minimum atomic E-state index is -0.564. The molecule has 1 aliphatic heterocycles. The Morgan fingerprint density at radius 1 is 1.17 bits per heavy atom. The Bertz CT molecular complexity index is 694. The van der Waals surface area contributed by atoms with E-state index in [-0.39, 0.29) is 25.3 Å². The summed E-state index contributed by atoms with van der Waals surface area (Å²) in [6.45, 7) is 6.76. The molecule has 0 unspecified atom stereocenters. The first-order chi connectivity index (χ1) is 14.5. The normalized spacial score (nSPS) is 13.3. The van der Waals surface area contributed by atoms with Gasteiger partial charge in [-0.15, -0.1) is 0 Å². The van der Waals surface area contributed by atoms with E-state index in [0.717, 1.165) is 5.56 Å². The van der Waals surface area contributed by atoms with Crippen LogP contribution in [0.25, 0.3) is 0 Å². The van der Waals surface area contributed by atoms with Crippen LogP contribution < -0.4 is 11.1 Å². The van der Waals surface area contributed by atoms with Crippen LogP contribution in [0.1, 0.15) is 19.4 Å². The maximum Gasteiger partial charge on any atom is 0.289 e. The third-order valence-electron chi connectivity index (χ3n) is 4.15. The molecule has 0 aromatic heterocycles. The molecule has 2 rings (SSSR count). The maximum absolute atomic E-state index is 12.3. The van der Waals surface area contributed by atoms with Crippen LogP contribution in [0.3, 0.4) is 0 Å². The molecule has 4 N–H and O–H groups in total. The lowest BCUT2D eigenvalue weighted by molar-refractivity contribution is -0.128. The number of hydrogen-bond donors (Lipinski definition) is 3. The number of nitrogens with one attached hydrogen (secondary N) is 1. The minimum Gasteiger partial charge on any atom is -0.503 e. The van der Waals surface area contributed by atoms with Crippen LogP contribution in [0.15, 0.2) is 35.6 Å². The SMILES string of the molecule is CC.NCCOCCOCCN1CC(C(=O)NCCc2ccc(Cl)cc2)=C(O)C1=O. The lowest BCUT2D eigenvalue weighted by atomic mass is 10.1. The molecule has 1 aromatic carbocycles.